The standard InChI is InChI=1S/C15H18N4O/c1-10-13(14(20)19(2)3)12(18-15(16)17-10)9-11-7-5-4-6-8-11/h4-8H,9H2,1-3H3,(H2,16,17,18). The Morgan fingerprint density at radius 1 is 1.20 bits per heavy atom. The third-order valence-corrected chi connectivity index (χ3v) is 3.02. The minimum absolute atomic E-state index is 0.103. The summed E-state index contributed by atoms with van der Waals surface area (Å²) < 4.78 is 0. The van der Waals surface area contributed by atoms with Gasteiger partial charge in [0.15, 0.2) is 0 Å². The van der Waals surface area contributed by atoms with Gasteiger partial charge in [0.1, 0.15) is 0 Å². The number of anilines is 1. The maximum Gasteiger partial charge on any atom is 0.257 e. The maximum absolute atomic E-state index is 12.3. The van der Waals surface area contributed by atoms with Crippen molar-refractivity contribution < 1.29 is 4.79 Å². The Morgan fingerprint density at radius 3 is 2.45 bits per heavy atom. The summed E-state index contributed by atoms with van der Waals surface area (Å²) in [4.78, 5) is 22.2. The summed E-state index contributed by atoms with van der Waals surface area (Å²) in [5.41, 5.74) is 8.61. The van der Waals surface area contributed by atoms with Crippen LogP contribution in [0.3, 0.4) is 0 Å². The lowest BCUT2D eigenvalue weighted by Crippen LogP contribution is -2.25. The second-order valence-corrected chi connectivity index (χ2v) is 4.85. The van der Waals surface area contributed by atoms with E-state index in [4.69, 9.17) is 5.73 Å². The Hall–Kier alpha value is -2.43. The number of aromatic nitrogens is 2. The van der Waals surface area contributed by atoms with E-state index in [9.17, 15) is 4.79 Å². The molecule has 1 heterocycles. The van der Waals surface area contributed by atoms with Crippen molar-refractivity contribution in [2.75, 3.05) is 19.8 Å². The second kappa shape index (κ2) is 5.69. The zero-order valence-corrected chi connectivity index (χ0v) is 11.9. The highest BCUT2D eigenvalue weighted by Gasteiger charge is 2.19. The number of nitrogens with zero attached hydrogens (tertiary/aromatic N) is 3. The summed E-state index contributed by atoms with van der Waals surface area (Å²) >= 11 is 0. The molecule has 0 aliphatic rings. The molecule has 0 radical (unpaired) electrons. The van der Waals surface area contributed by atoms with Crippen LogP contribution >= 0.6 is 0 Å². The van der Waals surface area contributed by atoms with Crippen molar-refractivity contribution in [2.45, 2.75) is 13.3 Å². The predicted molar refractivity (Wildman–Crippen MR) is 78.4 cm³/mol. The van der Waals surface area contributed by atoms with E-state index in [1.165, 1.54) is 4.90 Å². The van der Waals surface area contributed by atoms with Crippen molar-refractivity contribution in [3.63, 3.8) is 0 Å². The van der Waals surface area contributed by atoms with Crippen LogP contribution in [0.1, 0.15) is 27.3 Å². The lowest BCUT2D eigenvalue weighted by atomic mass is 10.0. The van der Waals surface area contributed by atoms with Crippen LogP contribution in [0.5, 0.6) is 0 Å². The van der Waals surface area contributed by atoms with E-state index in [1.807, 2.05) is 30.3 Å². The fourth-order valence-electron chi connectivity index (χ4n) is 2.07. The molecule has 0 saturated carbocycles. The molecule has 2 N–H and O–H groups in total. The summed E-state index contributed by atoms with van der Waals surface area (Å²) in [6.07, 6.45) is 0.559. The molecule has 0 saturated heterocycles. The van der Waals surface area contributed by atoms with Crippen LogP contribution in [-0.4, -0.2) is 34.9 Å². The summed E-state index contributed by atoms with van der Waals surface area (Å²) in [5, 5.41) is 0. The number of amides is 1. The second-order valence-electron chi connectivity index (χ2n) is 4.85. The number of hydrogen-bond acceptors (Lipinski definition) is 4. The fourth-order valence-corrected chi connectivity index (χ4v) is 2.07. The molecule has 0 unspecified atom stereocenters. The van der Waals surface area contributed by atoms with Gasteiger partial charge in [-0.15, -0.1) is 0 Å². The molecule has 2 aromatic rings. The molecule has 2 rings (SSSR count). The highest BCUT2D eigenvalue weighted by atomic mass is 16.2. The number of carbonyl (C=O) groups is 1. The molecule has 0 fully saturated rings. The lowest BCUT2D eigenvalue weighted by Gasteiger charge is -2.15. The first-order valence-electron chi connectivity index (χ1n) is 6.37. The predicted octanol–water partition coefficient (Wildman–Crippen LogP) is 1.66. The van der Waals surface area contributed by atoms with Crippen LogP contribution in [0.15, 0.2) is 30.3 Å². The van der Waals surface area contributed by atoms with Gasteiger partial charge in [0.2, 0.25) is 5.95 Å². The minimum atomic E-state index is -0.103. The van der Waals surface area contributed by atoms with Crippen LogP contribution in [0, 0.1) is 6.92 Å². The number of hydrogen-bond donors (Lipinski definition) is 1. The van der Waals surface area contributed by atoms with Gasteiger partial charge in [-0.2, -0.15) is 0 Å². The molecule has 1 amide bonds. The molecule has 0 atom stereocenters. The van der Waals surface area contributed by atoms with Crippen molar-refractivity contribution in [3.05, 3.63) is 52.8 Å². The van der Waals surface area contributed by atoms with Gasteiger partial charge in [0.05, 0.1) is 17.0 Å². The van der Waals surface area contributed by atoms with Gasteiger partial charge in [0, 0.05) is 20.5 Å². The number of rotatable bonds is 3. The summed E-state index contributed by atoms with van der Waals surface area (Å²) in [6, 6.07) is 9.87. The van der Waals surface area contributed by atoms with Crippen molar-refractivity contribution in [3.8, 4) is 0 Å². The van der Waals surface area contributed by atoms with Crippen molar-refractivity contribution in [2.24, 2.45) is 0 Å². The van der Waals surface area contributed by atoms with Crippen LogP contribution in [0.4, 0.5) is 5.95 Å². The zero-order chi connectivity index (χ0) is 14.7. The third kappa shape index (κ3) is 2.93. The van der Waals surface area contributed by atoms with Crippen molar-refractivity contribution >= 4 is 11.9 Å². The fraction of sp³-hybridized carbons (Fsp3) is 0.267. The molecule has 0 aliphatic carbocycles. The first-order chi connectivity index (χ1) is 9.49. The van der Waals surface area contributed by atoms with Gasteiger partial charge < -0.3 is 10.6 Å². The first-order valence-corrected chi connectivity index (χ1v) is 6.37. The molecule has 1 aromatic carbocycles. The van der Waals surface area contributed by atoms with E-state index < -0.39 is 0 Å². The highest BCUT2D eigenvalue weighted by Crippen LogP contribution is 2.17. The van der Waals surface area contributed by atoms with Gasteiger partial charge >= 0.3 is 0 Å². The maximum atomic E-state index is 12.3. The van der Waals surface area contributed by atoms with Gasteiger partial charge in [-0.25, -0.2) is 9.97 Å². The Labute approximate surface area is 118 Å². The molecule has 20 heavy (non-hydrogen) atoms. The van der Waals surface area contributed by atoms with E-state index >= 15 is 0 Å². The van der Waals surface area contributed by atoms with E-state index in [1.54, 1.807) is 21.0 Å². The summed E-state index contributed by atoms with van der Waals surface area (Å²) in [7, 11) is 3.43. The molecule has 0 spiro atoms. The van der Waals surface area contributed by atoms with Crippen LogP contribution in [0.25, 0.3) is 0 Å². The number of benzene rings is 1. The molecule has 5 nitrogen and oxygen atoms in total. The van der Waals surface area contributed by atoms with Gasteiger partial charge in [-0.3, -0.25) is 4.79 Å². The average molecular weight is 270 g/mol. The van der Waals surface area contributed by atoms with Crippen LogP contribution in [0.2, 0.25) is 0 Å². The smallest absolute Gasteiger partial charge is 0.257 e. The normalized spacial score (nSPS) is 10.3. The number of nitrogen functional groups attached to an aromatic ring is 1. The van der Waals surface area contributed by atoms with Crippen LogP contribution < -0.4 is 5.73 Å². The minimum Gasteiger partial charge on any atom is -0.368 e. The number of nitrogens with two attached hydrogens (primary N) is 1. The van der Waals surface area contributed by atoms with Gasteiger partial charge in [-0.1, -0.05) is 30.3 Å². The number of carbonyl (C=O) groups excluding carboxylic acids is 1. The Kier molecular flexibility index (Phi) is 3.98. The first kappa shape index (κ1) is 14.0. The van der Waals surface area contributed by atoms with Gasteiger partial charge in [-0.05, 0) is 12.5 Å². The third-order valence-electron chi connectivity index (χ3n) is 3.02. The lowest BCUT2D eigenvalue weighted by molar-refractivity contribution is 0.0825. The summed E-state index contributed by atoms with van der Waals surface area (Å²) in [5.74, 6) is 0.0946. The molecule has 0 aliphatic heterocycles. The van der Waals surface area contributed by atoms with E-state index in [0.29, 0.717) is 23.4 Å². The molecular weight excluding hydrogens is 252 g/mol. The SMILES string of the molecule is Cc1nc(N)nc(Cc2ccccc2)c1C(=O)N(C)C. The zero-order valence-electron chi connectivity index (χ0n) is 11.9. The van der Waals surface area contributed by atoms with E-state index in [2.05, 4.69) is 9.97 Å². The van der Waals surface area contributed by atoms with E-state index in [0.717, 1.165) is 5.56 Å². The van der Waals surface area contributed by atoms with Crippen molar-refractivity contribution in [1.82, 2.24) is 14.9 Å². The molecular formula is C15H18N4O. The Bertz CT molecular complexity index is 623. The Balaban J connectivity index is 2.48. The topological polar surface area (TPSA) is 72.1 Å². The van der Waals surface area contributed by atoms with Crippen molar-refractivity contribution in [1.29, 1.82) is 0 Å². The molecule has 0 bridgehead atoms. The highest BCUT2D eigenvalue weighted by molar-refractivity contribution is 5.96. The largest absolute Gasteiger partial charge is 0.368 e. The molecule has 5 heteroatoms. The number of aryl methyl sites for hydroxylation is 1. The van der Waals surface area contributed by atoms with Gasteiger partial charge in [0.25, 0.3) is 5.91 Å². The summed E-state index contributed by atoms with van der Waals surface area (Å²) in [6.45, 7) is 1.78. The van der Waals surface area contributed by atoms with E-state index in [-0.39, 0.29) is 11.9 Å². The average Bonchev–Trinajstić information content (AvgIpc) is 2.38. The van der Waals surface area contributed by atoms with Crippen LogP contribution in [-0.2, 0) is 6.42 Å². The Morgan fingerprint density at radius 2 is 1.85 bits per heavy atom. The quantitative estimate of drug-likeness (QED) is 0.920. The monoisotopic (exact) mass is 270 g/mol. The molecule has 1 aromatic heterocycles. The molecule has 104 valence electrons.